The van der Waals surface area contributed by atoms with E-state index in [0.717, 1.165) is 16.5 Å². The fourth-order valence-electron chi connectivity index (χ4n) is 1.86. The smallest absolute Gasteiger partial charge is 0.147 e. The molecule has 0 N–H and O–H groups in total. The molecule has 5 heteroatoms. The first kappa shape index (κ1) is 16.2. The Balaban J connectivity index is 2.03. The Morgan fingerprint density at radius 1 is 1.19 bits per heavy atom. The molecule has 0 aliphatic carbocycles. The molecule has 1 nitrogen and oxygen atoms in total. The SMILES string of the molecule is Cc1ccccc1SCC(=O)Cc1c(F)ccc(Br)c1F. The predicted molar refractivity (Wildman–Crippen MR) is 84.7 cm³/mol. The molecule has 0 amide bonds. The van der Waals surface area contributed by atoms with E-state index in [2.05, 4.69) is 15.9 Å². The summed E-state index contributed by atoms with van der Waals surface area (Å²) >= 11 is 4.38. The molecule has 110 valence electrons. The summed E-state index contributed by atoms with van der Waals surface area (Å²) in [5, 5.41) is 0. The van der Waals surface area contributed by atoms with Gasteiger partial charge in [-0.3, -0.25) is 4.79 Å². The Kier molecular flexibility index (Phi) is 5.53. The summed E-state index contributed by atoms with van der Waals surface area (Å²) in [6, 6.07) is 10.2. The molecule has 2 aromatic carbocycles. The molecule has 0 aromatic heterocycles. The number of benzene rings is 2. The summed E-state index contributed by atoms with van der Waals surface area (Å²) in [4.78, 5) is 12.9. The summed E-state index contributed by atoms with van der Waals surface area (Å²) < 4.78 is 27.6. The summed E-state index contributed by atoms with van der Waals surface area (Å²) in [6.07, 6.45) is -0.240. The van der Waals surface area contributed by atoms with Crippen molar-refractivity contribution < 1.29 is 13.6 Å². The lowest BCUT2D eigenvalue weighted by atomic mass is 10.1. The van der Waals surface area contributed by atoms with Gasteiger partial charge in [0.1, 0.15) is 17.4 Å². The number of Topliss-reactive ketones (excluding diaryl/α,β-unsaturated/α-hetero) is 1. The normalized spacial score (nSPS) is 10.7. The molecule has 0 fully saturated rings. The Hall–Kier alpha value is -1.20. The number of carbonyl (C=O) groups excluding carboxylic acids is 1. The predicted octanol–water partition coefficient (Wildman–Crippen LogP) is 4.94. The van der Waals surface area contributed by atoms with Crippen LogP contribution in [0.2, 0.25) is 0 Å². The van der Waals surface area contributed by atoms with Gasteiger partial charge in [-0.15, -0.1) is 11.8 Å². The van der Waals surface area contributed by atoms with Gasteiger partial charge in [0.15, 0.2) is 0 Å². The molecule has 0 saturated heterocycles. The second-order valence-corrected chi connectivity index (χ2v) is 6.46. The molecule has 21 heavy (non-hydrogen) atoms. The monoisotopic (exact) mass is 370 g/mol. The van der Waals surface area contributed by atoms with Crippen LogP contribution in [-0.2, 0) is 11.2 Å². The third-order valence-electron chi connectivity index (χ3n) is 3.00. The molecular formula is C16H13BrF2OS. The van der Waals surface area contributed by atoms with Crippen molar-refractivity contribution in [3.05, 3.63) is 63.6 Å². The maximum atomic E-state index is 13.8. The van der Waals surface area contributed by atoms with Crippen LogP contribution >= 0.6 is 27.7 Å². The lowest BCUT2D eigenvalue weighted by molar-refractivity contribution is -0.116. The first-order chi connectivity index (χ1) is 9.99. The standard InChI is InChI=1S/C16H13BrF2OS/c1-10-4-2-3-5-15(10)21-9-11(20)8-12-14(18)7-6-13(17)16(12)19/h2-7H,8-9H2,1H3. The number of aryl methyl sites for hydroxylation is 1. The van der Waals surface area contributed by atoms with Gasteiger partial charge in [-0.2, -0.15) is 0 Å². The average Bonchev–Trinajstić information content (AvgIpc) is 2.47. The number of ketones is 1. The van der Waals surface area contributed by atoms with Crippen molar-refractivity contribution in [1.82, 2.24) is 0 Å². The molecular weight excluding hydrogens is 358 g/mol. The van der Waals surface area contributed by atoms with Gasteiger partial charge in [0.2, 0.25) is 0 Å². The van der Waals surface area contributed by atoms with Crippen LogP contribution in [0.1, 0.15) is 11.1 Å². The van der Waals surface area contributed by atoms with E-state index in [1.54, 1.807) is 0 Å². The fourth-order valence-corrected chi connectivity index (χ4v) is 3.12. The molecule has 2 aromatic rings. The molecule has 0 saturated carbocycles. The molecule has 0 radical (unpaired) electrons. The largest absolute Gasteiger partial charge is 0.298 e. The highest BCUT2D eigenvalue weighted by Gasteiger charge is 2.16. The molecule has 0 bridgehead atoms. The number of halogens is 3. The zero-order chi connectivity index (χ0) is 15.4. The highest BCUT2D eigenvalue weighted by Crippen LogP contribution is 2.25. The van der Waals surface area contributed by atoms with Crippen LogP contribution in [0.3, 0.4) is 0 Å². The van der Waals surface area contributed by atoms with Crippen molar-refractivity contribution in [3.63, 3.8) is 0 Å². The lowest BCUT2D eigenvalue weighted by Gasteiger charge is -2.07. The van der Waals surface area contributed by atoms with Gasteiger partial charge < -0.3 is 0 Å². The van der Waals surface area contributed by atoms with E-state index in [9.17, 15) is 13.6 Å². The number of rotatable bonds is 5. The topological polar surface area (TPSA) is 17.1 Å². The van der Waals surface area contributed by atoms with Crippen LogP contribution in [0.25, 0.3) is 0 Å². The van der Waals surface area contributed by atoms with Crippen molar-refractivity contribution >= 4 is 33.5 Å². The van der Waals surface area contributed by atoms with Crippen molar-refractivity contribution in [2.45, 2.75) is 18.2 Å². The van der Waals surface area contributed by atoms with Gasteiger partial charge in [-0.1, -0.05) is 18.2 Å². The second-order valence-electron chi connectivity index (χ2n) is 4.59. The zero-order valence-corrected chi connectivity index (χ0v) is 13.7. The third kappa shape index (κ3) is 4.14. The van der Waals surface area contributed by atoms with Gasteiger partial charge >= 0.3 is 0 Å². The summed E-state index contributed by atoms with van der Waals surface area (Å²) in [5.41, 5.74) is 0.898. The fraction of sp³-hybridized carbons (Fsp3) is 0.188. The van der Waals surface area contributed by atoms with Gasteiger partial charge in [0, 0.05) is 16.9 Å². The molecule has 0 atom stereocenters. The zero-order valence-electron chi connectivity index (χ0n) is 11.3. The third-order valence-corrected chi connectivity index (χ3v) is 4.84. The molecule has 0 spiro atoms. The van der Waals surface area contributed by atoms with E-state index in [1.165, 1.54) is 17.8 Å². The van der Waals surface area contributed by atoms with Crippen LogP contribution in [-0.4, -0.2) is 11.5 Å². The number of carbonyl (C=O) groups is 1. The van der Waals surface area contributed by atoms with Crippen LogP contribution in [0, 0.1) is 18.6 Å². The van der Waals surface area contributed by atoms with Crippen molar-refractivity contribution in [1.29, 1.82) is 0 Å². The maximum absolute atomic E-state index is 13.8. The van der Waals surface area contributed by atoms with Crippen molar-refractivity contribution in [2.24, 2.45) is 0 Å². The lowest BCUT2D eigenvalue weighted by Crippen LogP contribution is -2.09. The minimum Gasteiger partial charge on any atom is -0.298 e. The molecule has 2 rings (SSSR count). The average molecular weight is 371 g/mol. The number of thioether (sulfide) groups is 1. The minimum atomic E-state index is -0.704. The quantitative estimate of drug-likeness (QED) is 0.547. The van der Waals surface area contributed by atoms with Crippen LogP contribution in [0.5, 0.6) is 0 Å². The van der Waals surface area contributed by atoms with Crippen LogP contribution in [0.4, 0.5) is 8.78 Å². The van der Waals surface area contributed by atoms with E-state index in [1.807, 2.05) is 31.2 Å². The minimum absolute atomic E-state index is 0.165. The maximum Gasteiger partial charge on any atom is 0.147 e. The van der Waals surface area contributed by atoms with E-state index in [-0.39, 0.29) is 28.0 Å². The van der Waals surface area contributed by atoms with Crippen LogP contribution in [0.15, 0.2) is 45.8 Å². The van der Waals surface area contributed by atoms with Crippen molar-refractivity contribution in [2.75, 3.05) is 5.75 Å². The second kappa shape index (κ2) is 7.18. The Morgan fingerprint density at radius 3 is 2.62 bits per heavy atom. The Labute approximate surface area is 134 Å². The Bertz CT molecular complexity index is 673. The summed E-state index contributed by atoms with van der Waals surface area (Å²) in [5.74, 6) is -1.41. The van der Waals surface area contributed by atoms with Gasteiger partial charge in [-0.25, -0.2) is 8.78 Å². The van der Waals surface area contributed by atoms with Gasteiger partial charge in [0.05, 0.1) is 10.2 Å². The first-order valence-corrected chi connectivity index (χ1v) is 8.09. The highest BCUT2D eigenvalue weighted by molar-refractivity contribution is 9.10. The number of hydrogen-bond acceptors (Lipinski definition) is 2. The summed E-state index contributed by atoms with van der Waals surface area (Å²) in [7, 11) is 0. The summed E-state index contributed by atoms with van der Waals surface area (Å²) in [6.45, 7) is 1.96. The van der Waals surface area contributed by atoms with E-state index >= 15 is 0 Å². The van der Waals surface area contributed by atoms with E-state index in [0.29, 0.717) is 0 Å². The van der Waals surface area contributed by atoms with Crippen LogP contribution < -0.4 is 0 Å². The molecule has 0 unspecified atom stereocenters. The number of hydrogen-bond donors (Lipinski definition) is 0. The molecule has 0 heterocycles. The molecule has 0 aliphatic heterocycles. The first-order valence-electron chi connectivity index (χ1n) is 6.31. The van der Waals surface area contributed by atoms with E-state index < -0.39 is 11.6 Å². The van der Waals surface area contributed by atoms with Gasteiger partial charge in [0.25, 0.3) is 0 Å². The van der Waals surface area contributed by atoms with E-state index in [4.69, 9.17) is 0 Å². The van der Waals surface area contributed by atoms with Crippen molar-refractivity contribution in [3.8, 4) is 0 Å². The molecule has 0 aliphatic rings. The Morgan fingerprint density at radius 2 is 1.90 bits per heavy atom. The highest BCUT2D eigenvalue weighted by atomic mass is 79.9. The van der Waals surface area contributed by atoms with Gasteiger partial charge in [-0.05, 0) is 46.6 Å².